The third-order valence-electron chi connectivity index (χ3n) is 3.09. The highest BCUT2D eigenvalue weighted by molar-refractivity contribution is 7.80. The minimum Gasteiger partial charge on any atom is -0.493 e. The van der Waals surface area contributed by atoms with E-state index in [9.17, 15) is 0 Å². The first-order valence-corrected chi connectivity index (χ1v) is 7.39. The Labute approximate surface area is 131 Å². The van der Waals surface area contributed by atoms with E-state index in [1.54, 1.807) is 0 Å². The Bertz CT molecular complexity index is 653. The second-order valence-electron chi connectivity index (χ2n) is 5.39. The highest BCUT2D eigenvalue weighted by Gasteiger charge is 2.10. The Morgan fingerprint density at radius 2 is 1.95 bits per heavy atom. The number of hydrogen-bond donors (Lipinski definition) is 1. The lowest BCUT2D eigenvalue weighted by Crippen LogP contribution is -2.12. The van der Waals surface area contributed by atoms with Crippen molar-refractivity contribution in [3.8, 4) is 17.0 Å². The first-order valence-electron chi connectivity index (χ1n) is 6.98. The lowest BCUT2D eigenvalue weighted by atomic mass is 10.1. The zero-order chi connectivity index (χ0) is 15.4. The summed E-state index contributed by atoms with van der Waals surface area (Å²) in [5, 5.41) is 0. The van der Waals surface area contributed by atoms with E-state index in [4.69, 9.17) is 22.7 Å². The van der Waals surface area contributed by atoms with Crippen LogP contribution in [-0.4, -0.2) is 16.6 Å². The quantitative estimate of drug-likeness (QED) is 0.855. The molecule has 1 heterocycles. The maximum absolute atomic E-state index is 5.88. The van der Waals surface area contributed by atoms with E-state index < -0.39 is 0 Å². The van der Waals surface area contributed by atoms with E-state index in [0.717, 1.165) is 28.3 Å². The number of thiocarbonyl (C=S) groups is 1. The molecule has 0 saturated heterocycles. The molecule has 4 heteroatoms. The van der Waals surface area contributed by atoms with Gasteiger partial charge in [-0.05, 0) is 37.1 Å². The van der Waals surface area contributed by atoms with E-state index in [1.807, 2.05) is 43.3 Å². The van der Waals surface area contributed by atoms with Gasteiger partial charge >= 0.3 is 0 Å². The summed E-state index contributed by atoms with van der Waals surface area (Å²) in [5.74, 6) is 1.32. The molecule has 0 spiro atoms. The fourth-order valence-corrected chi connectivity index (χ4v) is 2.25. The Hall–Kier alpha value is -1.94. The molecule has 3 nitrogen and oxygen atoms in total. The molecule has 110 valence electrons. The number of nitrogens with zero attached hydrogens (tertiary/aromatic N) is 1. The van der Waals surface area contributed by atoms with Crippen LogP contribution in [0.3, 0.4) is 0 Å². The van der Waals surface area contributed by atoms with Gasteiger partial charge in [-0.2, -0.15) is 0 Å². The molecule has 0 saturated carbocycles. The Balaban J connectivity index is 2.38. The van der Waals surface area contributed by atoms with Crippen LogP contribution >= 0.6 is 12.2 Å². The summed E-state index contributed by atoms with van der Waals surface area (Å²) >= 11 is 5.02. The number of benzene rings is 1. The van der Waals surface area contributed by atoms with E-state index in [2.05, 4.69) is 18.8 Å². The molecule has 2 N–H and O–H groups in total. The lowest BCUT2D eigenvalue weighted by molar-refractivity contribution is 0.272. The largest absolute Gasteiger partial charge is 0.493 e. The summed E-state index contributed by atoms with van der Waals surface area (Å²) in [7, 11) is 0. The third kappa shape index (κ3) is 3.79. The van der Waals surface area contributed by atoms with Crippen molar-refractivity contribution in [2.45, 2.75) is 20.8 Å². The number of para-hydroxylation sites is 1. The standard InChI is InChI=1S/C17H20N2OS/c1-11(2)10-20-16-7-5-4-6-14(16)15-9-8-13(17(18)21)12(3)19-15/h4-9,11H,10H2,1-3H3,(H2,18,21). The topological polar surface area (TPSA) is 48.1 Å². The van der Waals surface area contributed by atoms with Crippen molar-refractivity contribution < 1.29 is 4.74 Å². The van der Waals surface area contributed by atoms with Gasteiger partial charge in [0.25, 0.3) is 0 Å². The first kappa shape index (κ1) is 15.4. The molecular weight excluding hydrogens is 280 g/mol. The van der Waals surface area contributed by atoms with Crippen LogP contribution in [-0.2, 0) is 0 Å². The van der Waals surface area contributed by atoms with Gasteiger partial charge in [-0.3, -0.25) is 4.98 Å². The molecule has 1 aromatic carbocycles. The molecule has 2 rings (SSSR count). The first-order chi connectivity index (χ1) is 9.99. The molecule has 0 aliphatic rings. The van der Waals surface area contributed by atoms with Gasteiger partial charge < -0.3 is 10.5 Å². The predicted molar refractivity (Wildman–Crippen MR) is 90.6 cm³/mol. The van der Waals surface area contributed by atoms with Gasteiger partial charge in [-0.15, -0.1) is 0 Å². The molecule has 1 aromatic heterocycles. The lowest BCUT2D eigenvalue weighted by Gasteiger charge is -2.13. The van der Waals surface area contributed by atoms with E-state index >= 15 is 0 Å². The number of aryl methyl sites for hydroxylation is 1. The smallest absolute Gasteiger partial charge is 0.128 e. The van der Waals surface area contributed by atoms with Gasteiger partial charge in [-0.1, -0.05) is 38.2 Å². The number of rotatable bonds is 5. The minimum atomic E-state index is 0.371. The van der Waals surface area contributed by atoms with Gasteiger partial charge in [0, 0.05) is 16.8 Å². The Morgan fingerprint density at radius 3 is 2.57 bits per heavy atom. The second kappa shape index (κ2) is 6.68. The van der Waals surface area contributed by atoms with Crippen molar-refractivity contribution in [2.75, 3.05) is 6.61 Å². The molecule has 0 unspecified atom stereocenters. The number of aromatic nitrogens is 1. The van der Waals surface area contributed by atoms with Gasteiger partial charge in [0.05, 0.1) is 12.3 Å². The van der Waals surface area contributed by atoms with Crippen molar-refractivity contribution in [2.24, 2.45) is 11.7 Å². The van der Waals surface area contributed by atoms with Crippen LogP contribution in [0.25, 0.3) is 11.3 Å². The summed E-state index contributed by atoms with van der Waals surface area (Å²) in [5.41, 5.74) is 9.18. The molecule has 0 atom stereocenters. The normalized spacial score (nSPS) is 10.7. The van der Waals surface area contributed by atoms with Gasteiger partial charge in [0.1, 0.15) is 10.7 Å². The molecule has 0 aliphatic heterocycles. The van der Waals surface area contributed by atoms with Crippen LogP contribution in [0.1, 0.15) is 25.1 Å². The molecule has 0 amide bonds. The summed E-state index contributed by atoms with van der Waals surface area (Å²) in [6, 6.07) is 11.8. The van der Waals surface area contributed by atoms with Crippen LogP contribution < -0.4 is 10.5 Å². The maximum atomic E-state index is 5.88. The van der Waals surface area contributed by atoms with Crippen LogP contribution in [0, 0.1) is 12.8 Å². The van der Waals surface area contributed by atoms with Crippen LogP contribution in [0.4, 0.5) is 0 Å². The van der Waals surface area contributed by atoms with Gasteiger partial charge in [0.15, 0.2) is 0 Å². The Morgan fingerprint density at radius 1 is 1.24 bits per heavy atom. The highest BCUT2D eigenvalue weighted by Crippen LogP contribution is 2.29. The minimum absolute atomic E-state index is 0.371. The molecule has 2 aromatic rings. The number of ether oxygens (including phenoxy) is 1. The fourth-order valence-electron chi connectivity index (χ4n) is 2.03. The van der Waals surface area contributed by atoms with Crippen molar-refractivity contribution in [3.05, 3.63) is 47.7 Å². The van der Waals surface area contributed by atoms with Gasteiger partial charge in [-0.25, -0.2) is 0 Å². The second-order valence-corrected chi connectivity index (χ2v) is 5.83. The molecule has 0 fully saturated rings. The van der Waals surface area contributed by atoms with Crippen LogP contribution in [0.2, 0.25) is 0 Å². The fraction of sp³-hybridized carbons (Fsp3) is 0.294. The zero-order valence-corrected chi connectivity index (χ0v) is 13.4. The predicted octanol–water partition coefficient (Wildman–Crippen LogP) is 3.73. The highest BCUT2D eigenvalue weighted by atomic mass is 32.1. The summed E-state index contributed by atoms with van der Waals surface area (Å²) in [6.07, 6.45) is 0. The number of nitrogens with two attached hydrogens (primary N) is 1. The molecule has 21 heavy (non-hydrogen) atoms. The van der Waals surface area contributed by atoms with Crippen molar-refractivity contribution in [1.82, 2.24) is 4.98 Å². The number of pyridine rings is 1. The maximum Gasteiger partial charge on any atom is 0.128 e. The SMILES string of the molecule is Cc1nc(-c2ccccc2OCC(C)C)ccc1C(N)=S. The van der Waals surface area contributed by atoms with Crippen molar-refractivity contribution in [1.29, 1.82) is 0 Å². The number of hydrogen-bond acceptors (Lipinski definition) is 3. The summed E-state index contributed by atoms with van der Waals surface area (Å²) in [6.45, 7) is 6.85. The van der Waals surface area contributed by atoms with E-state index in [-0.39, 0.29) is 0 Å². The van der Waals surface area contributed by atoms with Crippen LogP contribution in [0.15, 0.2) is 36.4 Å². The van der Waals surface area contributed by atoms with E-state index in [0.29, 0.717) is 17.5 Å². The average molecular weight is 300 g/mol. The van der Waals surface area contributed by atoms with E-state index in [1.165, 1.54) is 0 Å². The van der Waals surface area contributed by atoms with Crippen LogP contribution in [0.5, 0.6) is 5.75 Å². The van der Waals surface area contributed by atoms with Gasteiger partial charge in [0.2, 0.25) is 0 Å². The zero-order valence-electron chi connectivity index (χ0n) is 12.6. The molecule has 0 aliphatic carbocycles. The molecule has 0 radical (unpaired) electrons. The van der Waals surface area contributed by atoms with Crippen molar-refractivity contribution in [3.63, 3.8) is 0 Å². The summed E-state index contributed by atoms with van der Waals surface area (Å²) in [4.78, 5) is 4.98. The average Bonchev–Trinajstić information content (AvgIpc) is 2.45. The Kier molecular flexibility index (Phi) is 4.91. The molecule has 0 bridgehead atoms. The molecular formula is C17H20N2OS. The van der Waals surface area contributed by atoms with Crippen molar-refractivity contribution >= 4 is 17.2 Å². The third-order valence-corrected chi connectivity index (χ3v) is 3.31. The summed E-state index contributed by atoms with van der Waals surface area (Å²) < 4.78 is 5.88. The monoisotopic (exact) mass is 300 g/mol.